The van der Waals surface area contributed by atoms with Crippen molar-refractivity contribution in [3.8, 4) is 11.5 Å². The maximum atomic E-state index is 13.4. The highest BCUT2D eigenvalue weighted by Crippen LogP contribution is 2.18. The number of carboxylic acids is 3. The van der Waals surface area contributed by atoms with Crippen LogP contribution in [-0.2, 0) is 38.8 Å². The highest BCUT2D eigenvalue weighted by Gasteiger charge is 2.28. The fraction of sp³-hybridized carbons (Fsp3) is 0.324. The minimum atomic E-state index is -2.10. The lowest BCUT2D eigenvalue weighted by Gasteiger charge is -2.25. The van der Waals surface area contributed by atoms with E-state index in [9.17, 15) is 29.1 Å². The molecule has 47 heavy (non-hydrogen) atoms. The molecule has 0 saturated carbocycles. The summed E-state index contributed by atoms with van der Waals surface area (Å²) in [6.45, 7) is 2.10. The van der Waals surface area contributed by atoms with Crippen LogP contribution < -0.4 is 20.1 Å². The Bertz CT molecular complexity index is 1470. The van der Waals surface area contributed by atoms with Crippen molar-refractivity contribution in [2.45, 2.75) is 57.9 Å². The van der Waals surface area contributed by atoms with Gasteiger partial charge in [-0.25, -0.2) is 14.4 Å². The Balaban J connectivity index is 1.71. The lowest BCUT2D eigenvalue weighted by molar-refractivity contribution is -0.159. The van der Waals surface area contributed by atoms with E-state index in [1.54, 1.807) is 24.3 Å². The van der Waals surface area contributed by atoms with Gasteiger partial charge in [0.1, 0.15) is 30.7 Å². The number of rotatable bonds is 19. The van der Waals surface area contributed by atoms with Crippen molar-refractivity contribution in [1.29, 1.82) is 0 Å². The first kappa shape index (κ1) is 35.9. The van der Waals surface area contributed by atoms with E-state index in [1.807, 2.05) is 37.3 Å². The molecule has 0 aliphatic carbocycles. The highest BCUT2D eigenvalue weighted by molar-refractivity contribution is 5.96. The Hall–Kier alpha value is -5.59. The first-order valence-electron chi connectivity index (χ1n) is 15.1. The van der Waals surface area contributed by atoms with Crippen LogP contribution in [0.15, 0.2) is 78.9 Å². The Kier molecular flexibility index (Phi) is 14.0. The number of ether oxygens (including phenoxy) is 2. The maximum absolute atomic E-state index is 13.4. The van der Waals surface area contributed by atoms with E-state index in [1.165, 1.54) is 24.3 Å². The van der Waals surface area contributed by atoms with Gasteiger partial charge in [-0.2, -0.15) is 0 Å². The first-order valence-corrected chi connectivity index (χ1v) is 15.1. The zero-order valence-electron chi connectivity index (χ0n) is 26.0. The molecule has 1 unspecified atom stereocenters. The monoisotopic (exact) mass is 649 g/mol. The van der Waals surface area contributed by atoms with Crippen LogP contribution in [0.4, 0.5) is 4.79 Å². The molecule has 3 rings (SSSR count). The van der Waals surface area contributed by atoms with Gasteiger partial charge >= 0.3 is 23.9 Å². The summed E-state index contributed by atoms with van der Waals surface area (Å²) in [5.41, 5.74) is 2.19. The van der Waals surface area contributed by atoms with E-state index in [0.717, 1.165) is 29.7 Å². The summed E-state index contributed by atoms with van der Waals surface area (Å²) in [5.74, 6) is -4.45. The molecular formula is C34H39N3O10. The Labute approximate surface area is 272 Å². The van der Waals surface area contributed by atoms with Crippen molar-refractivity contribution < 1.29 is 48.8 Å². The molecule has 3 aromatic rings. The van der Waals surface area contributed by atoms with Crippen molar-refractivity contribution in [1.82, 2.24) is 15.5 Å². The summed E-state index contributed by atoms with van der Waals surface area (Å²) in [6, 6.07) is 20.4. The molecule has 13 heteroatoms. The fourth-order valence-electron chi connectivity index (χ4n) is 4.46. The number of benzene rings is 3. The lowest BCUT2D eigenvalue weighted by Crippen LogP contribution is -2.53. The second-order valence-electron chi connectivity index (χ2n) is 10.7. The predicted molar refractivity (Wildman–Crippen MR) is 170 cm³/mol. The van der Waals surface area contributed by atoms with Crippen LogP contribution in [0.25, 0.3) is 0 Å². The van der Waals surface area contributed by atoms with Crippen LogP contribution >= 0.6 is 0 Å². The number of aliphatic carboxylic acids is 3. The number of nitrogens with one attached hydrogen (secondary N) is 2. The molecule has 5 N–H and O–H groups in total. The minimum absolute atomic E-state index is 0.00127. The molecule has 1 atom stereocenters. The number of nitrogens with zero attached hydrogens (tertiary/aromatic N) is 1. The van der Waals surface area contributed by atoms with Gasteiger partial charge in [-0.15, -0.1) is 0 Å². The Morgan fingerprint density at radius 1 is 0.766 bits per heavy atom. The number of carboxylic acid groups (broad SMARTS) is 3. The van der Waals surface area contributed by atoms with E-state index in [2.05, 4.69) is 10.6 Å². The van der Waals surface area contributed by atoms with Gasteiger partial charge in [0, 0.05) is 19.5 Å². The molecule has 0 aliphatic rings. The normalized spacial score (nSPS) is 11.3. The molecule has 3 aromatic carbocycles. The molecule has 0 aromatic heterocycles. The van der Waals surface area contributed by atoms with Crippen molar-refractivity contribution in [2.24, 2.45) is 0 Å². The van der Waals surface area contributed by atoms with Crippen LogP contribution in [0.1, 0.15) is 42.9 Å². The second-order valence-corrected chi connectivity index (χ2v) is 10.7. The third kappa shape index (κ3) is 12.4. The predicted octanol–water partition coefficient (Wildman–Crippen LogP) is 3.70. The standard InChI is InChI=1S/C34H39N3O10/c1-2-3-7-18-35-31(40)28(19-23-10-16-27(17-11-23)47-30(32(41)42)33(43)44)36-34(45)37(21-29(38)39)20-24-12-14-26(15-13-24)46-22-25-8-5-4-6-9-25/h4-6,8-17,28,30H,2-3,7,18-22H2,1H3,(H,35,40)(H,36,45)(H,38,39)(H,41,42)(H,43,44). The number of carbonyl (C=O) groups is 5. The van der Waals surface area contributed by atoms with Gasteiger partial charge in [0.2, 0.25) is 5.91 Å². The van der Waals surface area contributed by atoms with Crippen LogP contribution in [0.2, 0.25) is 0 Å². The molecular weight excluding hydrogens is 610 g/mol. The number of amides is 3. The minimum Gasteiger partial charge on any atom is -0.489 e. The molecule has 0 heterocycles. The van der Waals surface area contributed by atoms with Crippen molar-refractivity contribution in [2.75, 3.05) is 13.1 Å². The molecule has 0 aliphatic heterocycles. The van der Waals surface area contributed by atoms with E-state index >= 15 is 0 Å². The summed E-state index contributed by atoms with van der Waals surface area (Å²) < 4.78 is 10.8. The van der Waals surface area contributed by atoms with Crippen LogP contribution in [-0.4, -0.2) is 75.3 Å². The van der Waals surface area contributed by atoms with Crippen LogP contribution in [0, 0.1) is 0 Å². The van der Waals surface area contributed by atoms with Gasteiger partial charge < -0.3 is 40.3 Å². The zero-order valence-corrected chi connectivity index (χ0v) is 26.0. The molecule has 0 radical (unpaired) electrons. The quantitative estimate of drug-likeness (QED) is 0.0945. The SMILES string of the molecule is CCCCCNC(=O)C(Cc1ccc(OC(C(=O)O)C(=O)O)cc1)NC(=O)N(CC(=O)O)Cc1ccc(OCc2ccccc2)cc1. The fourth-order valence-corrected chi connectivity index (χ4v) is 4.46. The van der Waals surface area contributed by atoms with Gasteiger partial charge in [-0.1, -0.05) is 74.4 Å². The van der Waals surface area contributed by atoms with Gasteiger partial charge in [0.05, 0.1) is 0 Å². The molecule has 3 amide bonds. The van der Waals surface area contributed by atoms with Gasteiger partial charge in [0.25, 0.3) is 6.10 Å². The summed E-state index contributed by atoms with van der Waals surface area (Å²) in [6.07, 6.45) is 0.481. The summed E-state index contributed by atoms with van der Waals surface area (Å²) >= 11 is 0. The number of carbonyl (C=O) groups excluding carboxylic acids is 2. The third-order valence-corrected chi connectivity index (χ3v) is 6.92. The first-order chi connectivity index (χ1) is 22.5. The third-order valence-electron chi connectivity index (χ3n) is 6.92. The molecule has 0 fully saturated rings. The Morgan fingerprint density at radius 3 is 1.98 bits per heavy atom. The average Bonchev–Trinajstić information content (AvgIpc) is 3.05. The molecule has 13 nitrogen and oxygen atoms in total. The zero-order chi connectivity index (χ0) is 34.2. The number of hydrogen-bond acceptors (Lipinski definition) is 7. The topological polar surface area (TPSA) is 192 Å². The van der Waals surface area contributed by atoms with E-state index in [0.29, 0.717) is 30.0 Å². The Morgan fingerprint density at radius 2 is 1.38 bits per heavy atom. The molecule has 250 valence electrons. The largest absolute Gasteiger partial charge is 0.489 e. The van der Waals surface area contributed by atoms with Gasteiger partial charge in [0.15, 0.2) is 0 Å². The van der Waals surface area contributed by atoms with Crippen LogP contribution in [0.5, 0.6) is 11.5 Å². The summed E-state index contributed by atoms with van der Waals surface area (Å²) in [4.78, 5) is 61.7. The van der Waals surface area contributed by atoms with Gasteiger partial charge in [-0.05, 0) is 47.4 Å². The van der Waals surface area contributed by atoms with Gasteiger partial charge in [-0.3, -0.25) is 9.59 Å². The summed E-state index contributed by atoms with van der Waals surface area (Å²) in [7, 11) is 0. The smallest absolute Gasteiger partial charge is 0.356 e. The van der Waals surface area contributed by atoms with E-state index in [4.69, 9.17) is 19.7 Å². The molecule has 0 bridgehead atoms. The van der Waals surface area contributed by atoms with E-state index < -0.39 is 48.5 Å². The maximum Gasteiger partial charge on any atom is 0.356 e. The van der Waals surface area contributed by atoms with Crippen molar-refractivity contribution >= 4 is 29.8 Å². The summed E-state index contributed by atoms with van der Waals surface area (Å²) in [5, 5.41) is 33.1. The lowest BCUT2D eigenvalue weighted by atomic mass is 10.0. The second kappa shape index (κ2) is 18.4. The number of unbranched alkanes of at least 4 members (excludes halogenated alkanes) is 2. The number of urea groups is 1. The molecule has 0 spiro atoms. The highest BCUT2D eigenvalue weighted by atomic mass is 16.5. The molecule has 0 saturated heterocycles. The van der Waals surface area contributed by atoms with Crippen molar-refractivity contribution in [3.05, 3.63) is 95.6 Å². The van der Waals surface area contributed by atoms with E-state index in [-0.39, 0.29) is 18.7 Å². The van der Waals surface area contributed by atoms with Crippen molar-refractivity contribution in [3.63, 3.8) is 0 Å². The van der Waals surface area contributed by atoms with Crippen LogP contribution in [0.3, 0.4) is 0 Å². The number of hydrogen-bond donors (Lipinski definition) is 5. The average molecular weight is 650 g/mol.